The van der Waals surface area contributed by atoms with E-state index < -0.39 is 0 Å². The van der Waals surface area contributed by atoms with E-state index in [-0.39, 0.29) is 18.0 Å². The monoisotopic (exact) mass is 360 g/mol. The van der Waals surface area contributed by atoms with Crippen LogP contribution in [0.4, 0.5) is 11.6 Å². The fourth-order valence-corrected chi connectivity index (χ4v) is 2.62. The number of nitrogens with one attached hydrogen (secondary N) is 1. The smallest absolute Gasteiger partial charge is 0.178 e. The molecule has 0 saturated heterocycles. The Hall–Kier alpha value is -2.83. The zero-order valence-corrected chi connectivity index (χ0v) is 14.3. The fraction of sp³-hybridized carbons (Fsp3) is 0.333. The number of nitrogen functional groups attached to an aromatic ring is 1. The van der Waals surface area contributed by atoms with Crippen molar-refractivity contribution >= 4 is 28.9 Å². The van der Waals surface area contributed by atoms with Crippen LogP contribution in [-0.4, -0.2) is 42.6 Å². The van der Waals surface area contributed by atoms with Gasteiger partial charge in [0, 0.05) is 19.2 Å². The molecule has 25 heavy (non-hydrogen) atoms. The van der Waals surface area contributed by atoms with E-state index in [1.165, 1.54) is 4.52 Å². The molecule has 3 heterocycles. The van der Waals surface area contributed by atoms with E-state index in [2.05, 4.69) is 26.6 Å². The Morgan fingerprint density at radius 1 is 1.44 bits per heavy atom. The van der Waals surface area contributed by atoms with Gasteiger partial charge in [-0.05, 0) is 13.0 Å². The van der Waals surface area contributed by atoms with Crippen LogP contribution in [0.5, 0.6) is 0 Å². The standard InChI is InChI=1S/C15H17ClN8O/c1-9-12(16)15-20-14(11(8-17)13(18)24(15)21-9)19-4-2-10-3-5-23(22-10)6-7-25/h3,5,25H,2,4,6-7,18H2,1H3,(H,19,20). The molecule has 0 atom stereocenters. The molecule has 10 heteroatoms. The molecule has 4 N–H and O–H groups in total. The first-order valence-electron chi connectivity index (χ1n) is 7.66. The van der Waals surface area contributed by atoms with Crippen LogP contribution in [0.25, 0.3) is 5.65 Å². The van der Waals surface area contributed by atoms with Crippen molar-refractivity contribution in [1.82, 2.24) is 24.4 Å². The predicted octanol–water partition coefficient (Wildman–Crippen LogP) is 0.988. The molecule has 9 nitrogen and oxygen atoms in total. The number of nitrogens with two attached hydrogens (primary N) is 1. The number of hydrogen-bond acceptors (Lipinski definition) is 7. The summed E-state index contributed by atoms with van der Waals surface area (Å²) in [5, 5.41) is 30.3. The number of rotatable bonds is 6. The first-order chi connectivity index (χ1) is 12.0. The van der Waals surface area contributed by atoms with Gasteiger partial charge in [-0.3, -0.25) is 4.68 Å². The number of hydrogen-bond donors (Lipinski definition) is 3. The number of aryl methyl sites for hydroxylation is 1. The van der Waals surface area contributed by atoms with E-state index in [1.807, 2.05) is 12.3 Å². The Morgan fingerprint density at radius 2 is 2.24 bits per heavy atom. The van der Waals surface area contributed by atoms with Gasteiger partial charge < -0.3 is 16.2 Å². The van der Waals surface area contributed by atoms with Gasteiger partial charge in [0.2, 0.25) is 0 Å². The summed E-state index contributed by atoms with van der Waals surface area (Å²) in [4.78, 5) is 4.39. The maximum atomic E-state index is 9.39. The van der Waals surface area contributed by atoms with E-state index in [1.54, 1.807) is 11.6 Å². The van der Waals surface area contributed by atoms with Gasteiger partial charge in [-0.25, -0.2) is 4.98 Å². The molecule has 0 unspecified atom stereocenters. The van der Waals surface area contributed by atoms with Gasteiger partial charge in [0.15, 0.2) is 5.65 Å². The lowest BCUT2D eigenvalue weighted by Crippen LogP contribution is -2.12. The van der Waals surface area contributed by atoms with Gasteiger partial charge in [0.05, 0.1) is 24.5 Å². The molecular formula is C15H17ClN8O. The Kier molecular flexibility index (Phi) is 4.74. The molecule has 0 bridgehead atoms. The summed E-state index contributed by atoms with van der Waals surface area (Å²) in [6.07, 6.45) is 2.44. The molecule has 0 aliphatic rings. The topological polar surface area (TPSA) is 130 Å². The lowest BCUT2D eigenvalue weighted by molar-refractivity contribution is 0.269. The molecular weight excluding hydrogens is 344 g/mol. The van der Waals surface area contributed by atoms with Crippen molar-refractivity contribution in [3.8, 4) is 6.07 Å². The summed E-state index contributed by atoms with van der Waals surface area (Å²) >= 11 is 6.20. The van der Waals surface area contributed by atoms with Gasteiger partial charge in [-0.1, -0.05) is 11.6 Å². The van der Waals surface area contributed by atoms with Crippen molar-refractivity contribution in [2.75, 3.05) is 24.2 Å². The summed E-state index contributed by atoms with van der Waals surface area (Å²) < 4.78 is 3.05. The first kappa shape index (κ1) is 17.0. The molecule has 0 spiro atoms. The van der Waals surface area contributed by atoms with Crippen LogP contribution in [0, 0.1) is 18.3 Å². The van der Waals surface area contributed by atoms with Crippen molar-refractivity contribution in [1.29, 1.82) is 5.26 Å². The molecule has 0 amide bonds. The average Bonchev–Trinajstić information content (AvgIpc) is 3.15. The molecule has 3 rings (SSSR count). The van der Waals surface area contributed by atoms with E-state index in [9.17, 15) is 5.26 Å². The molecule has 0 saturated carbocycles. The zero-order valence-electron chi connectivity index (χ0n) is 13.6. The lowest BCUT2D eigenvalue weighted by Gasteiger charge is -2.09. The van der Waals surface area contributed by atoms with Crippen molar-refractivity contribution in [2.45, 2.75) is 19.9 Å². The van der Waals surface area contributed by atoms with Crippen molar-refractivity contribution in [3.05, 3.63) is 34.2 Å². The number of anilines is 2. The average molecular weight is 361 g/mol. The third-order valence-electron chi connectivity index (χ3n) is 3.71. The van der Waals surface area contributed by atoms with Crippen molar-refractivity contribution in [3.63, 3.8) is 0 Å². The quantitative estimate of drug-likeness (QED) is 0.597. The largest absolute Gasteiger partial charge is 0.394 e. The van der Waals surface area contributed by atoms with Crippen molar-refractivity contribution in [2.24, 2.45) is 0 Å². The highest BCUT2D eigenvalue weighted by atomic mass is 35.5. The predicted molar refractivity (Wildman–Crippen MR) is 93.4 cm³/mol. The third-order valence-corrected chi connectivity index (χ3v) is 4.16. The van der Waals surface area contributed by atoms with E-state index in [0.29, 0.717) is 41.7 Å². The van der Waals surface area contributed by atoms with Crippen LogP contribution in [0.15, 0.2) is 12.3 Å². The van der Waals surface area contributed by atoms with Gasteiger partial charge in [0.25, 0.3) is 0 Å². The molecule has 0 fully saturated rings. The van der Waals surface area contributed by atoms with Crippen LogP contribution < -0.4 is 11.1 Å². The number of aromatic nitrogens is 5. The van der Waals surface area contributed by atoms with Crippen molar-refractivity contribution < 1.29 is 5.11 Å². The van der Waals surface area contributed by atoms with Crippen LogP contribution in [0.2, 0.25) is 5.02 Å². The second-order valence-corrected chi connectivity index (χ2v) is 5.82. The highest BCUT2D eigenvalue weighted by Gasteiger charge is 2.17. The molecule has 3 aromatic rings. The first-order valence-corrected chi connectivity index (χ1v) is 8.04. The SMILES string of the molecule is Cc1nn2c(N)c(C#N)c(NCCc3ccn(CCO)n3)nc2c1Cl. The normalized spacial score (nSPS) is 11.0. The summed E-state index contributed by atoms with van der Waals surface area (Å²) in [6.45, 7) is 2.76. The highest BCUT2D eigenvalue weighted by molar-refractivity contribution is 6.34. The summed E-state index contributed by atoms with van der Waals surface area (Å²) in [7, 11) is 0. The van der Waals surface area contributed by atoms with E-state index in [0.717, 1.165) is 5.69 Å². The van der Waals surface area contributed by atoms with Gasteiger partial charge in [-0.15, -0.1) is 0 Å². The number of aliphatic hydroxyl groups is 1. The maximum absolute atomic E-state index is 9.39. The molecule has 0 aromatic carbocycles. The Labute approximate surface area is 148 Å². The van der Waals surface area contributed by atoms with Gasteiger partial charge in [-0.2, -0.15) is 20.0 Å². The van der Waals surface area contributed by atoms with Crippen LogP contribution >= 0.6 is 11.6 Å². The highest BCUT2D eigenvalue weighted by Crippen LogP contribution is 2.27. The Morgan fingerprint density at radius 3 is 2.96 bits per heavy atom. The van der Waals surface area contributed by atoms with E-state index in [4.69, 9.17) is 22.4 Å². The number of nitrogens with zero attached hydrogens (tertiary/aromatic N) is 6. The van der Waals surface area contributed by atoms with Crippen LogP contribution in [-0.2, 0) is 13.0 Å². The molecule has 0 aliphatic heterocycles. The fourth-order valence-electron chi connectivity index (χ4n) is 2.46. The number of fused-ring (bicyclic) bond motifs is 1. The lowest BCUT2D eigenvalue weighted by atomic mass is 10.2. The van der Waals surface area contributed by atoms with Crippen LogP contribution in [0.1, 0.15) is 17.0 Å². The maximum Gasteiger partial charge on any atom is 0.178 e. The van der Waals surface area contributed by atoms with E-state index >= 15 is 0 Å². The number of halogens is 1. The third kappa shape index (κ3) is 3.22. The summed E-state index contributed by atoms with van der Waals surface area (Å²) in [5.74, 6) is 0.557. The van der Waals surface area contributed by atoms with Gasteiger partial charge in [0.1, 0.15) is 28.3 Å². The second kappa shape index (κ2) is 6.96. The number of nitriles is 1. The number of aliphatic hydroxyl groups excluding tert-OH is 1. The second-order valence-electron chi connectivity index (χ2n) is 5.44. The molecule has 3 aromatic heterocycles. The zero-order chi connectivity index (χ0) is 18.0. The summed E-state index contributed by atoms with van der Waals surface area (Å²) in [5.41, 5.74) is 8.12. The Bertz CT molecular complexity index is 955. The van der Waals surface area contributed by atoms with Crippen LogP contribution in [0.3, 0.4) is 0 Å². The molecule has 130 valence electrons. The molecule has 0 aliphatic carbocycles. The summed E-state index contributed by atoms with van der Waals surface area (Å²) in [6, 6.07) is 3.93. The minimum atomic E-state index is 0.0413. The Balaban J connectivity index is 1.80. The van der Waals surface area contributed by atoms with Gasteiger partial charge >= 0.3 is 0 Å². The minimum absolute atomic E-state index is 0.0413. The minimum Gasteiger partial charge on any atom is -0.394 e. The molecule has 0 radical (unpaired) electrons.